The van der Waals surface area contributed by atoms with Crippen LogP contribution in [0.3, 0.4) is 0 Å². The summed E-state index contributed by atoms with van der Waals surface area (Å²) in [6, 6.07) is 7.08. The van der Waals surface area contributed by atoms with Crippen molar-refractivity contribution in [3.63, 3.8) is 0 Å². The monoisotopic (exact) mass is 352 g/mol. The lowest BCUT2D eigenvalue weighted by atomic mass is 10.1. The third kappa shape index (κ3) is 2.81. The van der Waals surface area contributed by atoms with Crippen molar-refractivity contribution in [3.8, 4) is 0 Å². The Bertz CT molecular complexity index is 1140. The Morgan fingerprint density at radius 1 is 1.19 bits per heavy atom. The van der Waals surface area contributed by atoms with E-state index >= 15 is 0 Å². The van der Waals surface area contributed by atoms with Crippen molar-refractivity contribution in [1.29, 1.82) is 0 Å². The second-order valence-electron chi connectivity index (χ2n) is 6.18. The number of ketones is 1. The van der Waals surface area contributed by atoms with Crippen LogP contribution >= 0.6 is 0 Å². The Morgan fingerprint density at radius 2 is 1.92 bits per heavy atom. The second-order valence-corrected chi connectivity index (χ2v) is 6.18. The summed E-state index contributed by atoms with van der Waals surface area (Å²) in [5.74, 6) is -0.0396. The molecule has 7 nitrogen and oxygen atoms in total. The van der Waals surface area contributed by atoms with Crippen molar-refractivity contribution in [2.75, 3.05) is 5.32 Å². The SMILES string of the molecule is CCc1cnc2c(c1Nc1cccc(C(C)=O)c1)c(=O)n(C)c(=O)n2C. The lowest BCUT2D eigenvalue weighted by molar-refractivity contribution is 0.101. The molecule has 7 heteroatoms. The zero-order valence-electron chi connectivity index (χ0n) is 15.2. The normalized spacial score (nSPS) is 10.9. The van der Waals surface area contributed by atoms with Crippen molar-refractivity contribution >= 4 is 28.2 Å². The van der Waals surface area contributed by atoms with Gasteiger partial charge < -0.3 is 5.32 Å². The predicted octanol–water partition coefficient (Wildman–Crippen LogP) is 2.14. The summed E-state index contributed by atoms with van der Waals surface area (Å²) in [4.78, 5) is 40.9. The van der Waals surface area contributed by atoms with Crippen LogP contribution < -0.4 is 16.6 Å². The smallest absolute Gasteiger partial charge is 0.332 e. The van der Waals surface area contributed by atoms with E-state index in [1.807, 2.05) is 13.0 Å². The molecule has 0 radical (unpaired) electrons. The zero-order valence-corrected chi connectivity index (χ0v) is 15.2. The second kappa shape index (κ2) is 6.59. The first-order valence-corrected chi connectivity index (χ1v) is 8.30. The van der Waals surface area contributed by atoms with Crippen LogP contribution in [0, 0.1) is 0 Å². The molecule has 3 aromatic rings. The van der Waals surface area contributed by atoms with E-state index in [1.54, 1.807) is 31.4 Å². The molecule has 0 saturated heterocycles. The average Bonchev–Trinajstić information content (AvgIpc) is 2.64. The maximum Gasteiger partial charge on any atom is 0.332 e. The topological polar surface area (TPSA) is 86.0 Å². The number of pyridine rings is 1. The summed E-state index contributed by atoms with van der Waals surface area (Å²) >= 11 is 0. The lowest BCUT2D eigenvalue weighted by Crippen LogP contribution is -2.37. The van der Waals surface area contributed by atoms with E-state index in [0.717, 1.165) is 10.1 Å². The molecule has 1 N–H and O–H groups in total. The van der Waals surface area contributed by atoms with Gasteiger partial charge in [-0.15, -0.1) is 0 Å². The first kappa shape index (κ1) is 17.6. The van der Waals surface area contributed by atoms with E-state index in [2.05, 4.69) is 10.3 Å². The van der Waals surface area contributed by atoms with E-state index in [1.165, 1.54) is 18.5 Å². The molecule has 2 heterocycles. The highest BCUT2D eigenvalue weighted by Gasteiger charge is 2.17. The van der Waals surface area contributed by atoms with Crippen LogP contribution in [0.1, 0.15) is 29.8 Å². The molecule has 26 heavy (non-hydrogen) atoms. The van der Waals surface area contributed by atoms with Gasteiger partial charge in [-0.25, -0.2) is 9.78 Å². The third-order valence-electron chi connectivity index (χ3n) is 4.47. The molecule has 0 saturated carbocycles. The Balaban J connectivity index is 2.31. The van der Waals surface area contributed by atoms with Gasteiger partial charge >= 0.3 is 5.69 Å². The quantitative estimate of drug-likeness (QED) is 0.727. The average molecular weight is 352 g/mol. The van der Waals surface area contributed by atoms with Crippen molar-refractivity contribution in [1.82, 2.24) is 14.1 Å². The van der Waals surface area contributed by atoms with Crippen LogP contribution in [0.4, 0.5) is 11.4 Å². The molecule has 1 aromatic carbocycles. The molecular formula is C19H20N4O3. The Hall–Kier alpha value is -3.22. The number of rotatable bonds is 4. The van der Waals surface area contributed by atoms with Crippen LogP contribution in [0.15, 0.2) is 40.1 Å². The third-order valence-corrected chi connectivity index (χ3v) is 4.47. The predicted molar refractivity (Wildman–Crippen MR) is 101 cm³/mol. The number of aryl methyl sites for hydroxylation is 2. The van der Waals surface area contributed by atoms with Crippen molar-refractivity contribution in [3.05, 3.63) is 62.4 Å². The highest BCUT2D eigenvalue weighted by atomic mass is 16.2. The minimum Gasteiger partial charge on any atom is -0.354 e. The van der Waals surface area contributed by atoms with Crippen LogP contribution in [0.5, 0.6) is 0 Å². The summed E-state index contributed by atoms with van der Waals surface area (Å²) in [6.45, 7) is 3.47. The minimum absolute atomic E-state index is 0.0396. The largest absolute Gasteiger partial charge is 0.354 e. The number of benzene rings is 1. The van der Waals surface area contributed by atoms with Gasteiger partial charge in [0, 0.05) is 31.5 Å². The number of hydrogen-bond donors (Lipinski definition) is 1. The van der Waals surface area contributed by atoms with Gasteiger partial charge in [0.25, 0.3) is 5.56 Å². The number of aromatic nitrogens is 3. The van der Waals surface area contributed by atoms with Gasteiger partial charge in [-0.1, -0.05) is 19.1 Å². The molecule has 0 bridgehead atoms. The minimum atomic E-state index is -0.427. The summed E-state index contributed by atoms with van der Waals surface area (Å²) in [5.41, 5.74) is 2.21. The number of fused-ring (bicyclic) bond motifs is 1. The van der Waals surface area contributed by atoms with E-state index in [4.69, 9.17) is 0 Å². The van der Waals surface area contributed by atoms with Crippen LogP contribution in [0.25, 0.3) is 11.0 Å². The van der Waals surface area contributed by atoms with Crippen molar-refractivity contribution in [2.45, 2.75) is 20.3 Å². The fourth-order valence-electron chi connectivity index (χ4n) is 2.94. The zero-order chi connectivity index (χ0) is 19.0. The van der Waals surface area contributed by atoms with Gasteiger partial charge in [0.2, 0.25) is 0 Å². The van der Waals surface area contributed by atoms with Crippen molar-refractivity contribution < 1.29 is 4.79 Å². The molecule has 0 spiro atoms. The highest BCUT2D eigenvalue weighted by molar-refractivity contribution is 5.96. The summed E-state index contributed by atoms with van der Waals surface area (Å²) < 4.78 is 2.42. The number of carbonyl (C=O) groups excluding carboxylic acids is 1. The molecule has 2 aromatic heterocycles. The number of anilines is 2. The fraction of sp³-hybridized carbons (Fsp3) is 0.263. The van der Waals surface area contributed by atoms with E-state index in [-0.39, 0.29) is 5.78 Å². The Labute approximate surface area is 149 Å². The lowest BCUT2D eigenvalue weighted by Gasteiger charge is -2.16. The van der Waals surface area contributed by atoms with Crippen LogP contribution in [0.2, 0.25) is 0 Å². The molecule has 3 rings (SSSR count). The summed E-state index contributed by atoms with van der Waals surface area (Å²) in [5, 5.41) is 3.60. The van der Waals surface area contributed by atoms with Gasteiger partial charge in [0.05, 0.1) is 5.69 Å². The van der Waals surface area contributed by atoms with Gasteiger partial charge in [-0.05, 0) is 31.0 Å². The standard InChI is InChI=1S/C19H20N4O3/c1-5-12-10-20-17-15(18(25)23(4)19(26)22(17)3)16(12)21-14-8-6-7-13(9-14)11(2)24/h6-10H,5H2,1-4H3,(H,20,21). The first-order chi connectivity index (χ1) is 12.3. The Morgan fingerprint density at radius 3 is 2.58 bits per heavy atom. The fourth-order valence-corrected chi connectivity index (χ4v) is 2.94. The van der Waals surface area contributed by atoms with E-state index in [9.17, 15) is 14.4 Å². The number of carbonyl (C=O) groups is 1. The van der Waals surface area contributed by atoms with Crippen molar-refractivity contribution in [2.24, 2.45) is 14.1 Å². The molecule has 0 fully saturated rings. The molecule has 0 atom stereocenters. The molecule has 0 aliphatic rings. The number of hydrogen-bond acceptors (Lipinski definition) is 5. The van der Waals surface area contributed by atoms with E-state index in [0.29, 0.717) is 34.4 Å². The summed E-state index contributed by atoms with van der Waals surface area (Å²) in [6.07, 6.45) is 2.32. The number of Topliss-reactive ketones (excluding diaryl/α,β-unsaturated/α-hetero) is 1. The molecule has 134 valence electrons. The van der Waals surface area contributed by atoms with E-state index < -0.39 is 11.2 Å². The van der Waals surface area contributed by atoms with Gasteiger partial charge in [0.15, 0.2) is 11.4 Å². The molecule has 0 aliphatic heterocycles. The highest BCUT2D eigenvalue weighted by Crippen LogP contribution is 2.27. The van der Waals surface area contributed by atoms with Crippen LogP contribution in [-0.2, 0) is 20.5 Å². The summed E-state index contributed by atoms with van der Waals surface area (Å²) in [7, 11) is 3.03. The molecule has 0 unspecified atom stereocenters. The number of nitrogens with zero attached hydrogens (tertiary/aromatic N) is 3. The van der Waals surface area contributed by atoms with Crippen LogP contribution in [-0.4, -0.2) is 19.9 Å². The number of nitrogens with one attached hydrogen (secondary N) is 1. The van der Waals surface area contributed by atoms with Gasteiger partial charge in [-0.2, -0.15) is 0 Å². The maximum atomic E-state index is 12.8. The Kier molecular flexibility index (Phi) is 4.46. The van der Waals surface area contributed by atoms with Gasteiger partial charge in [-0.3, -0.25) is 18.7 Å². The maximum absolute atomic E-state index is 12.8. The molecule has 0 amide bonds. The molecule has 0 aliphatic carbocycles. The first-order valence-electron chi connectivity index (χ1n) is 8.30. The molecular weight excluding hydrogens is 332 g/mol. The van der Waals surface area contributed by atoms with Gasteiger partial charge in [0.1, 0.15) is 5.39 Å².